The zero-order valence-corrected chi connectivity index (χ0v) is 16.9. The average Bonchev–Trinajstić information content (AvgIpc) is 3.13. The van der Waals surface area contributed by atoms with E-state index in [1.165, 1.54) is 23.5 Å². The Morgan fingerprint density at radius 3 is 2.89 bits per heavy atom. The monoisotopic (exact) mass is 398 g/mol. The second kappa shape index (κ2) is 7.97. The highest BCUT2D eigenvalue weighted by molar-refractivity contribution is 7.21. The number of aromatic nitrogens is 1. The molecule has 0 saturated carbocycles. The molecule has 0 N–H and O–H groups in total. The molecular weight excluding hydrogens is 375 g/mol. The first kappa shape index (κ1) is 19.0. The lowest BCUT2D eigenvalue weighted by Crippen LogP contribution is -2.38. The van der Waals surface area contributed by atoms with E-state index in [1.807, 2.05) is 23.3 Å². The predicted octanol–water partition coefficient (Wildman–Crippen LogP) is 5.86. The second-order valence-electron chi connectivity index (χ2n) is 7.16. The van der Waals surface area contributed by atoms with Crippen LogP contribution in [0.5, 0.6) is 0 Å². The van der Waals surface area contributed by atoms with Crippen molar-refractivity contribution < 1.29 is 14.0 Å². The molecule has 146 valence electrons. The van der Waals surface area contributed by atoms with Gasteiger partial charge in [0, 0.05) is 23.1 Å². The molecule has 0 radical (unpaired) electrons. The van der Waals surface area contributed by atoms with Crippen LogP contribution < -0.4 is 5.06 Å². The number of carbonyl (C=O) groups excluding carboxylic acids is 1. The molecule has 1 unspecified atom stereocenters. The van der Waals surface area contributed by atoms with E-state index in [0.29, 0.717) is 17.6 Å². The average molecular weight is 399 g/mol. The van der Waals surface area contributed by atoms with Crippen molar-refractivity contribution in [3.63, 3.8) is 0 Å². The minimum absolute atomic E-state index is 0.0567. The number of carbonyl (C=O) groups is 1. The van der Waals surface area contributed by atoms with Crippen LogP contribution in [0, 0.1) is 11.7 Å². The molecule has 1 atom stereocenters. The summed E-state index contributed by atoms with van der Waals surface area (Å²) in [6, 6.07) is 10.4. The van der Waals surface area contributed by atoms with E-state index < -0.39 is 0 Å². The molecule has 2 aromatic carbocycles. The Balaban J connectivity index is 1.70. The van der Waals surface area contributed by atoms with E-state index in [0.717, 1.165) is 46.6 Å². The molecule has 2 heterocycles. The molecule has 1 aliphatic heterocycles. The number of anilines is 1. The number of Topliss-reactive ketones (excluding diaryl/α,β-unsaturated/α-hetero) is 1. The van der Waals surface area contributed by atoms with Crippen molar-refractivity contribution in [2.24, 2.45) is 5.92 Å². The van der Waals surface area contributed by atoms with Gasteiger partial charge in [0.25, 0.3) is 0 Å². The van der Waals surface area contributed by atoms with Crippen molar-refractivity contribution in [3.8, 4) is 10.6 Å². The summed E-state index contributed by atoms with van der Waals surface area (Å²) in [4.78, 5) is 23.2. The smallest absolute Gasteiger partial charge is 0.170 e. The van der Waals surface area contributed by atoms with Crippen LogP contribution in [0.3, 0.4) is 0 Å². The quantitative estimate of drug-likeness (QED) is 0.488. The van der Waals surface area contributed by atoms with Gasteiger partial charge in [0.1, 0.15) is 10.8 Å². The number of nitrogens with zero attached hydrogens (tertiary/aromatic N) is 2. The van der Waals surface area contributed by atoms with Crippen molar-refractivity contribution in [1.29, 1.82) is 0 Å². The Morgan fingerprint density at radius 1 is 1.25 bits per heavy atom. The number of halogens is 1. The van der Waals surface area contributed by atoms with E-state index in [1.54, 1.807) is 13.2 Å². The zero-order valence-electron chi connectivity index (χ0n) is 16.1. The molecule has 0 fully saturated rings. The highest BCUT2D eigenvalue weighted by atomic mass is 32.1. The molecule has 4 nitrogen and oxygen atoms in total. The summed E-state index contributed by atoms with van der Waals surface area (Å²) in [6.45, 7) is 2.75. The van der Waals surface area contributed by atoms with Gasteiger partial charge >= 0.3 is 0 Å². The lowest BCUT2D eigenvalue weighted by molar-refractivity contribution is 0.0836. The molecule has 28 heavy (non-hydrogen) atoms. The van der Waals surface area contributed by atoms with E-state index in [-0.39, 0.29) is 17.5 Å². The van der Waals surface area contributed by atoms with Crippen molar-refractivity contribution >= 4 is 33.0 Å². The maximum atomic E-state index is 13.5. The van der Waals surface area contributed by atoms with Crippen molar-refractivity contribution in [2.45, 2.75) is 32.6 Å². The number of benzene rings is 2. The summed E-state index contributed by atoms with van der Waals surface area (Å²) in [6.07, 6.45) is 4.18. The molecule has 0 bridgehead atoms. The maximum absolute atomic E-state index is 13.5. The molecule has 1 aliphatic rings. The Bertz CT molecular complexity index is 1020. The van der Waals surface area contributed by atoms with Crippen LogP contribution in [0.15, 0.2) is 36.4 Å². The van der Waals surface area contributed by atoms with E-state index in [9.17, 15) is 9.18 Å². The summed E-state index contributed by atoms with van der Waals surface area (Å²) < 4.78 is 14.4. The molecule has 0 aliphatic carbocycles. The molecule has 3 aromatic rings. The van der Waals surface area contributed by atoms with Gasteiger partial charge in [0.05, 0.1) is 29.6 Å². The minimum Gasteiger partial charge on any atom is -0.294 e. The fourth-order valence-electron chi connectivity index (χ4n) is 3.75. The third kappa shape index (κ3) is 3.54. The molecule has 4 rings (SSSR count). The molecule has 0 saturated heterocycles. The van der Waals surface area contributed by atoms with Crippen molar-refractivity contribution in [1.82, 2.24) is 4.98 Å². The van der Waals surface area contributed by atoms with Gasteiger partial charge in [0.15, 0.2) is 5.78 Å². The Morgan fingerprint density at radius 2 is 2.11 bits per heavy atom. The molecule has 0 amide bonds. The third-order valence-corrected chi connectivity index (χ3v) is 6.35. The first-order chi connectivity index (χ1) is 13.6. The number of hydroxylamine groups is 1. The number of hydrogen-bond acceptors (Lipinski definition) is 5. The molecular formula is C22H23FN2O2S. The summed E-state index contributed by atoms with van der Waals surface area (Å²) in [5.74, 6) is -0.178. The standard InChI is InChI=1S/C22H23FN2O2S/c1-3-4-5-6-15-13-25(27-2)19-9-7-14(11-17(19)21(15)26)22-24-18-12-16(23)8-10-20(18)28-22/h7-12,15H,3-6,13H2,1-2H3. The first-order valence-corrected chi connectivity index (χ1v) is 10.5. The fourth-order valence-corrected chi connectivity index (χ4v) is 4.69. The summed E-state index contributed by atoms with van der Waals surface area (Å²) in [5.41, 5.74) is 2.99. The van der Waals surface area contributed by atoms with Crippen molar-refractivity contribution in [3.05, 3.63) is 47.8 Å². The SMILES string of the molecule is CCCCCC1CN(OC)c2ccc(-c3nc4cc(F)ccc4s3)cc2C1=O. The van der Waals surface area contributed by atoms with Gasteiger partial charge in [-0.2, -0.15) is 0 Å². The summed E-state index contributed by atoms with van der Waals surface area (Å²) >= 11 is 1.50. The predicted molar refractivity (Wildman–Crippen MR) is 111 cm³/mol. The summed E-state index contributed by atoms with van der Waals surface area (Å²) in [7, 11) is 1.64. The van der Waals surface area contributed by atoms with Gasteiger partial charge < -0.3 is 0 Å². The van der Waals surface area contributed by atoms with E-state index >= 15 is 0 Å². The van der Waals surface area contributed by atoms with Crippen LogP contribution in [0.1, 0.15) is 43.0 Å². The van der Waals surface area contributed by atoms with Gasteiger partial charge in [-0.1, -0.05) is 26.2 Å². The van der Waals surface area contributed by atoms with Crippen LogP contribution in [-0.4, -0.2) is 24.4 Å². The molecule has 0 spiro atoms. The van der Waals surface area contributed by atoms with Crippen LogP contribution in [0.25, 0.3) is 20.8 Å². The van der Waals surface area contributed by atoms with Crippen LogP contribution in [-0.2, 0) is 4.84 Å². The Kier molecular flexibility index (Phi) is 5.42. The highest BCUT2D eigenvalue weighted by Gasteiger charge is 2.32. The number of hydrogen-bond donors (Lipinski definition) is 0. The van der Waals surface area contributed by atoms with Crippen LogP contribution in [0.4, 0.5) is 10.1 Å². The minimum atomic E-state index is -0.296. The molecule has 6 heteroatoms. The Labute approximate surface area is 167 Å². The lowest BCUT2D eigenvalue weighted by atomic mass is 9.87. The number of fused-ring (bicyclic) bond motifs is 2. The topological polar surface area (TPSA) is 42.4 Å². The first-order valence-electron chi connectivity index (χ1n) is 9.67. The Hall–Kier alpha value is -2.31. The van der Waals surface area contributed by atoms with Gasteiger partial charge in [0.2, 0.25) is 0 Å². The fraction of sp³-hybridized carbons (Fsp3) is 0.364. The van der Waals surface area contributed by atoms with Gasteiger partial charge in [-0.15, -0.1) is 11.3 Å². The van der Waals surface area contributed by atoms with Crippen molar-refractivity contribution in [2.75, 3.05) is 18.7 Å². The number of ketones is 1. The van der Waals surface area contributed by atoms with Crippen LogP contribution in [0.2, 0.25) is 0 Å². The largest absolute Gasteiger partial charge is 0.294 e. The van der Waals surface area contributed by atoms with Gasteiger partial charge in [-0.3, -0.25) is 14.7 Å². The van der Waals surface area contributed by atoms with E-state index in [4.69, 9.17) is 4.84 Å². The lowest BCUT2D eigenvalue weighted by Gasteiger charge is -2.33. The van der Waals surface area contributed by atoms with Crippen LogP contribution >= 0.6 is 11.3 Å². The van der Waals surface area contributed by atoms with Gasteiger partial charge in [-0.05, 0) is 36.8 Å². The third-order valence-electron chi connectivity index (χ3n) is 5.26. The number of unbranched alkanes of at least 4 members (excludes halogenated alkanes) is 2. The number of thiazole rings is 1. The normalized spacial score (nSPS) is 16.6. The zero-order chi connectivity index (χ0) is 19.7. The maximum Gasteiger partial charge on any atom is 0.170 e. The highest BCUT2D eigenvalue weighted by Crippen LogP contribution is 2.37. The number of rotatable bonds is 6. The second-order valence-corrected chi connectivity index (χ2v) is 8.19. The van der Waals surface area contributed by atoms with Gasteiger partial charge in [-0.25, -0.2) is 9.37 Å². The summed E-state index contributed by atoms with van der Waals surface area (Å²) in [5, 5.41) is 2.60. The van der Waals surface area contributed by atoms with E-state index in [2.05, 4.69) is 11.9 Å². The molecule has 1 aromatic heterocycles.